The van der Waals surface area contributed by atoms with Gasteiger partial charge in [0.1, 0.15) is 13.2 Å². The van der Waals surface area contributed by atoms with Crippen LogP contribution in [0.4, 0.5) is 0 Å². The highest BCUT2D eigenvalue weighted by molar-refractivity contribution is 7.98. The fraction of sp³-hybridized carbons (Fsp3) is 0.538. The van der Waals surface area contributed by atoms with Gasteiger partial charge in [-0.25, -0.2) is 0 Å². The number of rotatable bonds is 2. The second kappa shape index (κ2) is 4.10. The van der Waals surface area contributed by atoms with Crippen molar-refractivity contribution in [2.45, 2.75) is 29.7 Å². The van der Waals surface area contributed by atoms with Crippen LogP contribution in [0.15, 0.2) is 17.0 Å². The van der Waals surface area contributed by atoms with E-state index >= 15 is 0 Å². The lowest BCUT2D eigenvalue weighted by Crippen LogP contribution is -2.43. The zero-order valence-corrected chi connectivity index (χ0v) is 10.8. The third-order valence-corrected chi connectivity index (χ3v) is 4.46. The van der Waals surface area contributed by atoms with E-state index in [1.807, 2.05) is 6.07 Å². The van der Waals surface area contributed by atoms with Crippen LogP contribution in [0.5, 0.6) is 11.5 Å². The molecule has 1 fully saturated rings. The lowest BCUT2D eigenvalue weighted by molar-refractivity contribution is 0.164. The van der Waals surface area contributed by atoms with E-state index in [0.29, 0.717) is 13.2 Å². The quantitative estimate of drug-likeness (QED) is 0.820. The number of fused-ring (bicyclic) bond motifs is 1. The first-order valence-electron chi connectivity index (χ1n) is 6.00. The van der Waals surface area contributed by atoms with Crippen molar-refractivity contribution in [3.63, 3.8) is 0 Å². The van der Waals surface area contributed by atoms with Crippen LogP contribution in [0.3, 0.4) is 0 Å². The van der Waals surface area contributed by atoms with E-state index in [4.69, 9.17) is 15.2 Å². The van der Waals surface area contributed by atoms with Crippen molar-refractivity contribution in [2.75, 3.05) is 19.5 Å². The molecule has 1 aliphatic heterocycles. The standard InChI is InChI=1S/C13H17NO2S/c1-17-12-9(13(14)5-2-6-13)3-4-10-11(12)16-8-7-15-10/h3-4H,2,5-8,14H2,1H3. The Bertz CT molecular complexity index is 443. The van der Waals surface area contributed by atoms with Crippen LogP contribution in [-0.2, 0) is 5.54 Å². The van der Waals surface area contributed by atoms with E-state index in [1.54, 1.807) is 11.8 Å². The molecule has 3 rings (SSSR count). The topological polar surface area (TPSA) is 44.5 Å². The molecule has 1 aromatic rings. The predicted octanol–water partition coefficient (Wildman–Crippen LogP) is 2.52. The van der Waals surface area contributed by atoms with Gasteiger partial charge >= 0.3 is 0 Å². The van der Waals surface area contributed by atoms with Crippen LogP contribution < -0.4 is 15.2 Å². The smallest absolute Gasteiger partial charge is 0.175 e. The monoisotopic (exact) mass is 251 g/mol. The highest BCUT2D eigenvalue weighted by atomic mass is 32.2. The van der Waals surface area contributed by atoms with Crippen LogP contribution in [0.1, 0.15) is 24.8 Å². The summed E-state index contributed by atoms with van der Waals surface area (Å²) >= 11 is 1.70. The van der Waals surface area contributed by atoms with E-state index < -0.39 is 0 Å². The number of thioether (sulfide) groups is 1. The molecule has 0 amide bonds. The van der Waals surface area contributed by atoms with Gasteiger partial charge in [0.2, 0.25) is 0 Å². The van der Waals surface area contributed by atoms with Gasteiger partial charge < -0.3 is 15.2 Å². The molecule has 4 heteroatoms. The first-order chi connectivity index (χ1) is 8.24. The summed E-state index contributed by atoms with van der Waals surface area (Å²) in [6.07, 6.45) is 5.43. The first kappa shape index (κ1) is 11.2. The molecule has 0 saturated heterocycles. The molecule has 1 aliphatic carbocycles. The highest BCUT2D eigenvalue weighted by Crippen LogP contribution is 2.48. The minimum atomic E-state index is -0.145. The van der Waals surface area contributed by atoms with Gasteiger partial charge in [-0.1, -0.05) is 6.07 Å². The number of benzene rings is 1. The molecule has 0 unspecified atom stereocenters. The maximum Gasteiger partial charge on any atom is 0.175 e. The first-order valence-corrected chi connectivity index (χ1v) is 7.23. The average Bonchev–Trinajstić information content (AvgIpc) is 2.34. The molecule has 2 N–H and O–H groups in total. The summed E-state index contributed by atoms with van der Waals surface area (Å²) in [6.45, 7) is 1.26. The van der Waals surface area contributed by atoms with Crippen LogP contribution >= 0.6 is 11.8 Å². The van der Waals surface area contributed by atoms with Crippen molar-refractivity contribution >= 4 is 11.8 Å². The second-order valence-electron chi connectivity index (χ2n) is 4.68. The van der Waals surface area contributed by atoms with E-state index in [0.717, 1.165) is 29.2 Å². The summed E-state index contributed by atoms with van der Waals surface area (Å²) in [5, 5.41) is 0. The van der Waals surface area contributed by atoms with E-state index in [2.05, 4.69) is 12.3 Å². The molecule has 3 nitrogen and oxygen atoms in total. The minimum Gasteiger partial charge on any atom is -0.486 e. The van der Waals surface area contributed by atoms with E-state index in [1.165, 1.54) is 12.0 Å². The molecule has 0 bridgehead atoms. The summed E-state index contributed by atoms with van der Waals surface area (Å²) in [5.74, 6) is 1.74. The number of ether oxygens (including phenoxy) is 2. The molecule has 0 spiro atoms. The van der Waals surface area contributed by atoms with Crippen LogP contribution in [0.25, 0.3) is 0 Å². The zero-order chi connectivity index (χ0) is 11.9. The number of nitrogens with two attached hydrogens (primary N) is 1. The van der Waals surface area contributed by atoms with Crippen molar-refractivity contribution in [3.05, 3.63) is 17.7 Å². The lowest BCUT2D eigenvalue weighted by Gasteiger charge is -2.40. The second-order valence-corrected chi connectivity index (χ2v) is 5.50. The fourth-order valence-electron chi connectivity index (χ4n) is 2.51. The third kappa shape index (κ3) is 1.70. The molecule has 17 heavy (non-hydrogen) atoms. The lowest BCUT2D eigenvalue weighted by atomic mass is 9.72. The SMILES string of the molecule is CSc1c(C2(N)CCC2)ccc2c1OCCO2. The molecule has 0 aromatic heterocycles. The Morgan fingerprint density at radius 1 is 1.24 bits per heavy atom. The molecule has 0 atom stereocenters. The molecule has 1 aromatic carbocycles. The molecule has 0 radical (unpaired) electrons. The zero-order valence-electron chi connectivity index (χ0n) is 9.99. The van der Waals surface area contributed by atoms with Gasteiger partial charge in [0.15, 0.2) is 11.5 Å². The average molecular weight is 251 g/mol. The predicted molar refractivity (Wildman–Crippen MR) is 68.9 cm³/mol. The van der Waals surface area contributed by atoms with Gasteiger partial charge in [-0.15, -0.1) is 11.8 Å². The Labute approximate surface area is 106 Å². The van der Waals surface area contributed by atoms with Crippen molar-refractivity contribution in [1.29, 1.82) is 0 Å². The highest BCUT2D eigenvalue weighted by Gasteiger charge is 2.37. The molecular formula is C13H17NO2S. The maximum atomic E-state index is 6.42. The number of hydrogen-bond donors (Lipinski definition) is 1. The minimum absolute atomic E-state index is 0.145. The van der Waals surface area contributed by atoms with Crippen molar-refractivity contribution < 1.29 is 9.47 Å². The molecule has 2 aliphatic rings. The maximum absolute atomic E-state index is 6.42. The van der Waals surface area contributed by atoms with Crippen LogP contribution in [-0.4, -0.2) is 19.5 Å². The Morgan fingerprint density at radius 2 is 2.00 bits per heavy atom. The summed E-state index contributed by atoms with van der Waals surface area (Å²) in [4.78, 5) is 1.16. The Morgan fingerprint density at radius 3 is 2.65 bits per heavy atom. The molecule has 1 saturated carbocycles. The van der Waals surface area contributed by atoms with Gasteiger partial charge in [-0.2, -0.15) is 0 Å². The largest absolute Gasteiger partial charge is 0.486 e. The van der Waals surface area contributed by atoms with Gasteiger partial charge in [0.05, 0.1) is 4.90 Å². The number of hydrogen-bond acceptors (Lipinski definition) is 4. The van der Waals surface area contributed by atoms with Gasteiger partial charge in [-0.05, 0) is 37.1 Å². The van der Waals surface area contributed by atoms with Crippen molar-refractivity contribution in [3.8, 4) is 11.5 Å². The van der Waals surface area contributed by atoms with Crippen LogP contribution in [0, 0.1) is 0 Å². The van der Waals surface area contributed by atoms with Gasteiger partial charge in [0, 0.05) is 5.54 Å². The Balaban J connectivity index is 2.10. The summed E-state index contributed by atoms with van der Waals surface area (Å²) < 4.78 is 11.4. The fourth-order valence-corrected chi connectivity index (χ4v) is 3.35. The summed E-state index contributed by atoms with van der Waals surface area (Å²) in [7, 11) is 0. The Hall–Kier alpha value is -0.870. The molecular weight excluding hydrogens is 234 g/mol. The Kier molecular flexibility index (Phi) is 2.71. The van der Waals surface area contributed by atoms with Gasteiger partial charge in [-0.3, -0.25) is 0 Å². The summed E-state index contributed by atoms with van der Waals surface area (Å²) in [6, 6.07) is 4.11. The molecule has 92 valence electrons. The molecule has 1 heterocycles. The van der Waals surface area contributed by atoms with Gasteiger partial charge in [0.25, 0.3) is 0 Å². The van der Waals surface area contributed by atoms with Crippen molar-refractivity contribution in [1.82, 2.24) is 0 Å². The van der Waals surface area contributed by atoms with Crippen LogP contribution in [0.2, 0.25) is 0 Å². The van der Waals surface area contributed by atoms with E-state index in [-0.39, 0.29) is 5.54 Å². The third-order valence-electron chi connectivity index (χ3n) is 3.65. The van der Waals surface area contributed by atoms with Crippen molar-refractivity contribution in [2.24, 2.45) is 5.73 Å². The normalized spacial score (nSPS) is 20.8. The summed E-state index contributed by atoms with van der Waals surface area (Å²) in [5.41, 5.74) is 7.50. The van der Waals surface area contributed by atoms with E-state index in [9.17, 15) is 0 Å².